The van der Waals surface area contributed by atoms with Gasteiger partial charge in [-0.2, -0.15) is 5.10 Å². The zero-order chi connectivity index (χ0) is 17.1. The quantitative estimate of drug-likeness (QED) is 0.747. The molecule has 0 radical (unpaired) electrons. The summed E-state index contributed by atoms with van der Waals surface area (Å²) in [7, 11) is 3.32. The van der Waals surface area contributed by atoms with Crippen molar-refractivity contribution in [2.45, 2.75) is 6.61 Å². The minimum absolute atomic E-state index is 0.166. The van der Waals surface area contributed by atoms with Gasteiger partial charge in [-0.05, 0) is 29.6 Å². The van der Waals surface area contributed by atoms with Gasteiger partial charge in [-0.3, -0.25) is 9.48 Å². The minimum atomic E-state index is -0.249. The average molecular weight is 343 g/mol. The summed E-state index contributed by atoms with van der Waals surface area (Å²) in [5.74, 6) is 0.330. The number of aliphatic hydroxyl groups excluding tert-OH is 1. The molecule has 124 valence electrons. The van der Waals surface area contributed by atoms with Gasteiger partial charge in [-0.1, -0.05) is 6.07 Å². The molecule has 7 heteroatoms. The molecule has 3 aromatic rings. The fourth-order valence-electron chi connectivity index (χ4n) is 2.43. The number of methoxy groups -OCH3 is 1. The van der Waals surface area contributed by atoms with Crippen LogP contribution in [0.2, 0.25) is 0 Å². The number of hydrogen-bond acceptors (Lipinski definition) is 5. The van der Waals surface area contributed by atoms with E-state index < -0.39 is 0 Å². The Bertz CT molecular complexity index is 856. The lowest BCUT2D eigenvalue weighted by Crippen LogP contribution is -2.12. The second kappa shape index (κ2) is 6.86. The van der Waals surface area contributed by atoms with Gasteiger partial charge < -0.3 is 15.2 Å². The molecule has 0 aliphatic heterocycles. The van der Waals surface area contributed by atoms with Gasteiger partial charge in [0.2, 0.25) is 0 Å². The maximum absolute atomic E-state index is 12.6. The van der Waals surface area contributed by atoms with Gasteiger partial charge in [-0.15, -0.1) is 11.3 Å². The fourth-order valence-corrected chi connectivity index (χ4v) is 3.15. The van der Waals surface area contributed by atoms with Crippen LogP contribution in [0.25, 0.3) is 10.6 Å². The Morgan fingerprint density at radius 3 is 2.92 bits per heavy atom. The van der Waals surface area contributed by atoms with Crippen LogP contribution in [-0.2, 0) is 13.7 Å². The number of thiophene rings is 1. The molecular weight excluding hydrogens is 326 g/mol. The highest BCUT2D eigenvalue weighted by atomic mass is 32.1. The molecule has 0 aliphatic rings. The first kappa shape index (κ1) is 16.2. The van der Waals surface area contributed by atoms with E-state index in [2.05, 4.69) is 10.4 Å². The van der Waals surface area contributed by atoms with Crippen LogP contribution in [0.1, 0.15) is 15.9 Å². The number of carbonyl (C=O) groups is 1. The fraction of sp³-hybridized carbons (Fsp3) is 0.176. The van der Waals surface area contributed by atoms with Gasteiger partial charge in [0.25, 0.3) is 5.91 Å². The topological polar surface area (TPSA) is 76.4 Å². The van der Waals surface area contributed by atoms with E-state index in [4.69, 9.17) is 4.74 Å². The summed E-state index contributed by atoms with van der Waals surface area (Å²) in [6, 6.07) is 8.99. The molecule has 0 atom stereocenters. The van der Waals surface area contributed by atoms with E-state index in [1.54, 1.807) is 36.1 Å². The number of nitrogens with zero attached hydrogens (tertiary/aromatic N) is 2. The minimum Gasteiger partial charge on any atom is -0.496 e. The molecule has 0 spiro atoms. The Labute approximate surface area is 143 Å². The van der Waals surface area contributed by atoms with E-state index >= 15 is 0 Å². The maximum atomic E-state index is 12.6. The number of aliphatic hydroxyl groups is 1. The van der Waals surface area contributed by atoms with Crippen LogP contribution < -0.4 is 10.1 Å². The monoisotopic (exact) mass is 343 g/mol. The number of nitrogens with one attached hydrogen (secondary N) is 1. The third-order valence-electron chi connectivity index (χ3n) is 3.54. The number of carbonyl (C=O) groups excluding carboxylic acids is 1. The summed E-state index contributed by atoms with van der Waals surface area (Å²) in [4.78, 5) is 13.6. The maximum Gasteiger partial charge on any atom is 0.259 e. The van der Waals surface area contributed by atoms with Crippen LogP contribution in [0.15, 0.2) is 41.9 Å². The van der Waals surface area contributed by atoms with Crippen LogP contribution in [0, 0.1) is 0 Å². The van der Waals surface area contributed by atoms with Crippen molar-refractivity contribution >= 4 is 22.9 Å². The normalized spacial score (nSPS) is 10.6. The van der Waals surface area contributed by atoms with Crippen LogP contribution >= 0.6 is 11.3 Å². The molecule has 2 N–H and O–H groups in total. The number of rotatable bonds is 5. The molecule has 24 heavy (non-hydrogen) atoms. The van der Waals surface area contributed by atoms with E-state index in [0.29, 0.717) is 28.3 Å². The first-order chi connectivity index (χ1) is 11.6. The summed E-state index contributed by atoms with van der Waals surface area (Å²) >= 11 is 1.53. The predicted octanol–water partition coefficient (Wildman–Crippen LogP) is 2.90. The van der Waals surface area contributed by atoms with Crippen molar-refractivity contribution in [1.82, 2.24) is 9.78 Å². The Balaban J connectivity index is 1.89. The third-order valence-corrected chi connectivity index (χ3v) is 4.41. The predicted molar refractivity (Wildman–Crippen MR) is 93.4 cm³/mol. The molecular formula is C17H17N3O3S. The van der Waals surface area contributed by atoms with Gasteiger partial charge in [-0.25, -0.2) is 0 Å². The Morgan fingerprint density at radius 2 is 2.25 bits per heavy atom. The van der Waals surface area contributed by atoms with E-state index in [1.165, 1.54) is 18.4 Å². The molecule has 0 saturated carbocycles. The Hall–Kier alpha value is -2.64. The van der Waals surface area contributed by atoms with Crippen molar-refractivity contribution in [3.05, 3.63) is 53.0 Å². The molecule has 3 rings (SSSR count). The molecule has 0 bridgehead atoms. The molecule has 0 aliphatic carbocycles. The van der Waals surface area contributed by atoms with Crippen LogP contribution in [0.3, 0.4) is 0 Å². The number of anilines is 1. The average Bonchev–Trinajstić information content (AvgIpc) is 3.23. The summed E-state index contributed by atoms with van der Waals surface area (Å²) in [5.41, 5.74) is 2.35. The van der Waals surface area contributed by atoms with Crippen molar-refractivity contribution in [1.29, 1.82) is 0 Å². The molecule has 1 aromatic carbocycles. The lowest BCUT2D eigenvalue weighted by molar-refractivity contribution is 0.102. The van der Waals surface area contributed by atoms with Crippen molar-refractivity contribution in [3.8, 4) is 16.3 Å². The number of ether oxygens (including phenoxy) is 1. The Kier molecular flexibility index (Phi) is 4.64. The van der Waals surface area contributed by atoms with Gasteiger partial charge in [0.05, 0.1) is 24.2 Å². The summed E-state index contributed by atoms with van der Waals surface area (Å²) < 4.78 is 6.79. The van der Waals surface area contributed by atoms with Crippen molar-refractivity contribution < 1.29 is 14.6 Å². The van der Waals surface area contributed by atoms with Crippen molar-refractivity contribution in [2.24, 2.45) is 7.05 Å². The highest BCUT2D eigenvalue weighted by Crippen LogP contribution is 2.28. The van der Waals surface area contributed by atoms with E-state index in [1.807, 2.05) is 17.5 Å². The second-order valence-corrected chi connectivity index (χ2v) is 6.13. The Morgan fingerprint density at radius 1 is 1.42 bits per heavy atom. The van der Waals surface area contributed by atoms with Gasteiger partial charge in [0.1, 0.15) is 11.4 Å². The van der Waals surface area contributed by atoms with Crippen LogP contribution in [0.5, 0.6) is 5.75 Å². The van der Waals surface area contributed by atoms with Gasteiger partial charge in [0.15, 0.2) is 0 Å². The summed E-state index contributed by atoms with van der Waals surface area (Å²) in [6.45, 7) is -0.166. The first-order valence-corrected chi connectivity index (χ1v) is 8.17. The lowest BCUT2D eigenvalue weighted by atomic mass is 10.1. The number of benzene rings is 1. The standard InChI is InChI=1S/C17H17N3O3S/c1-20-9-13(16(19-20)15-4-3-7-24-15)17(22)18-12-5-6-14(23-2)11(8-12)10-21/h3-9,21H,10H2,1-2H3,(H,18,22). The number of amides is 1. The second-order valence-electron chi connectivity index (χ2n) is 5.18. The molecule has 2 aromatic heterocycles. The van der Waals surface area contributed by atoms with Crippen molar-refractivity contribution in [2.75, 3.05) is 12.4 Å². The molecule has 0 saturated heterocycles. The zero-order valence-electron chi connectivity index (χ0n) is 13.3. The van der Waals surface area contributed by atoms with Crippen molar-refractivity contribution in [3.63, 3.8) is 0 Å². The van der Waals surface area contributed by atoms with E-state index in [0.717, 1.165) is 4.88 Å². The molecule has 0 unspecified atom stereocenters. The summed E-state index contributed by atoms with van der Waals surface area (Å²) in [6.07, 6.45) is 1.70. The summed E-state index contributed by atoms with van der Waals surface area (Å²) in [5, 5.41) is 18.6. The molecule has 1 amide bonds. The van der Waals surface area contributed by atoms with Crippen LogP contribution in [0.4, 0.5) is 5.69 Å². The third kappa shape index (κ3) is 3.17. The SMILES string of the molecule is COc1ccc(NC(=O)c2cn(C)nc2-c2cccs2)cc1CO. The largest absolute Gasteiger partial charge is 0.496 e. The van der Waals surface area contributed by atoms with E-state index in [9.17, 15) is 9.90 Å². The smallest absolute Gasteiger partial charge is 0.259 e. The number of aromatic nitrogens is 2. The molecule has 6 nitrogen and oxygen atoms in total. The van der Waals surface area contributed by atoms with Gasteiger partial charge in [0, 0.05) is 24.5 Å². The lowest BCUT2D eigenvalue weighted by Gasteiger charge is -2.10. The number of hydrogen-bond donors (Lipinski definition) is 2. The molecule has 2 heterocycles. The van der Waals surface area contributed by atoms with Crippen LogP contribution in [-0.4, -0.2) is 27.9 Å². The van der Waals surface area contributed by atoms with Gasteiger partial charge >= 0.3 is 0 Å². The highest BCUT2D eigenvalue weighted by molar-refractivity contribution is 7.13. The first-order valence-electron chi connectivity index (χ1n) is 7.29. The number of aryl methyl sites for hydroxylation is 1. The molecule has 0 fully saturated rings. The van der Waals surface area contributed by atoms with E-state index in [-0.39, 0.29) is 12.5 Å². The highest BCUT2D eigenvalue weighted by Gasteiger charge is 2.18. The zero-order valence-corrected chi connectivity index (χ0v) is 14.1.